The molecule has 1 heterocycles. The highest BCUT2D eigenvalue weighted by Crippen LogP contribution is 2.34. The normalized spacial score (nSPS) is 17.3. The fourth-order valence-corrected chi connectivity index (χ4v) is 3.42. The average Bonchev–Trinajstić information content (AvgIpc) is 2.91. The number of aryl methyl sites for hydroxylation is 1. The second-order valence-electron chi connectivity index (χ2n) is 6.39. The van der Waals surface area contributed by atoms with Gasteiger partial charge in [-0.3, -0.25) is 4.79 Å². The van der Waals surface area contributed by atoms with Gasteiger partial charge < -0.3 is 10.4 Å². The standard InChI is InChI=1S/C20H19FN2O2S/c1-11(2)15-10-16(12(3)8-17(15)24)22-20-23-19(25)18(26-20)9-13-4-6-14(21)7-5-13/h4-11,24H,1-3H3,(H,22,23,25)/b18-9-. The van der Waals surface area contributed by atoms with Crippen LogP contribution < -0.4 is 5.32 Å². The van der Waals surface area contributed by atoms with Crippen LogP contribution in [0, 0.1) is 12.7 Å². The van der Waals surface area contributed by atoms with Gasteiger partial charge in [0.1, 0.15) is 11.6 Å². The van der Waals surface area contributed by atoms with Crippen LogP contribution >= 0.6 is 11.8 Å². The maximum atomic E-state index is 13.0. The van der Waals surface area contributed by atoms with Crippen molar-refractivity contribution in [1.29, 1.82) is 0 Å². The fraction of sp³-hybridized carbons (Fsp3) is 0.200. The molecule has 0 saturated carbocycles. The number of carbonyl (C=O) groups excluding carboxylic acids is 1. The Labute approximate surface area is 155 Å². The molecule has 0 spiro atoms. The number of phenols is 1. The molecule has 2 aromatic rings. The van der Waals surface area contributed by atoms with Crippen molar-refractivity contribution in [3.63, 3.8) is 0 Å². The summed E-state index contributed by atoms with van der Waals surface area (Å²) in [6.07, 6.45) is 1.70. The summed E-state index contributed by atoms with van der Waals surface area (Å²) >= 11 is 1.23. The van der Waals surface area contributed by atoms with Crippen molar-refractivity contribution in [3.05, 3.63) is 63.8 Å². The molecule has 0 unspecified atom stereocenters. The van der Waals surface area contributed by atoms with Crippen molar-refractivity contribution < 1.29 is 14.3 Å². The number of halogens is 1. The van der Waals surface area contributed by atoms with E-state index in [1.807, 2.05) is 26.8 Å². The number of amidine groups is 1. The number of amides is 1. The summed E-state index contributed by atoms with van der Waals surface area (Å²) in [6, 6.07) is 9.47. The van der Waals surface area contributed by atoms with Crippen LogP contribution in [0.4, 0.5) is 10.1 Å². The van der Waals surface area contributed by atoms with Gasteiger partial charge in [-0.25, -0.2) is 9.38 Å². The van der Waals surface area contributed by atoms with Gasteiger partial charge in [-0.2, -0.15) is 0 Å². The van der Waals surface area contributed by atoms with Gasteiger partial charge in [0.2, 0.25) is 0 Å². The Hall–Kier alpha value is -2.60. The van der Waals surface area contributed by atoms with Crippen LogP contribution in [0.2, 0.25) is 0 Å². The number of aromatic hydroxyl groups is 1. The first-order valence-electron chi connectivity index (χ1n) is 8.22. The largest absolute Gasteiger partial charge is 0.508 e. The lowest BCUT2D eigenvalue weighted by atomic mass is 9.99. The SMILES string of the molecule is Cc1cc(O)c(C(C)C)cc1N=C1NC(=O)/C(=C/c2ccc(F)cc2)S1. The number of benzene rings is 2. The smallest absolute Gasteiger partial charge is 0.264 e. The molecule has 2 N–H and O–H groups in total. The Balaban J connectivity index is 1.89. The fourth-order valence-electron chi connectivity index (χ4n) is 2.58. The molecule has 26 heavy (non-hydrogen) atoms. The third kappa shape index (κ3) is 3.96. The lowest BCUT2D eigenvalue weighted by molar-refractivity contribution is -0.115. The van der Waals surface area contributed by atoms with Gasteiger partial charge in [-0.15, -0.1) is 0 Å². The number of aliphatic imine (C=N–C) groups is 1. The van der Waals surface area contributed by atoms with Gasteiger partial charge >= 0.3 is 0 Å². The summed E-state index contributed by atoms with van der Waals surface area (Å²) in [5, 5.41) is 13.3. The third-order valence-electron chi connectivity index (χ3n) is 4.01. The Bertz CT molecular complexity index is 918. The van der Waals surface area contributed by atoms with Gasteiger partial charge in [0.25, 0.3) is 5.91 Å². The zero-order valence-electron chi connectivity index (χ0n) is 14.7. The lowest BCUT2D eigenvalue weighted by Gasteiger charge is -2.11. The summed E-state index contributed by atoms with van der Waals surface area (Å²) < 4.78 is 13.0. The molecule has 0 radical (unpaired) electrons. The van der Waals surface area contributed by atoms with Crippen LogP contribution in [0.5, 0.6) is 5.75 Å². The van der Waals surface area contributed by atoms with Crippen LogP contribution in [0.1, 0.15) is 36.5 Å². The average molecular weight is 370 g/mol. The monoisotopic (exact) mass is 370 g/mol. The van der Waals surface area contributed by atoms with Crippen LogP contribution in [-0.2, 0) is 4.79 Å². The number of carbonyl (C=O) groups is 1. The van der Waals surface area contributed by atoms with Crippen molar-refractivity contribution in [2.24, 2.45) is 4.99 Å². The highest BCUT2D eigenvalue weighted by atomic mass is 32.2. The first-order valence-corrected chi connectivity index (χ1v) is 9.04. The molecule has 1 aliphatic heterocycles. The van der Waals surface area contributed by atoms with Gasteiger partial charge in [-0.1, -0.05) is 26.0 Å². The van der Waals surface area contributed by atoms with Crippen LogP contribution in [-0.4, -0.2) is 16.2 Å². The first kappa shape index (κ1) is 18.2. The van der Waals surface area contributed by atoms with Crippen LogP contribution in [0.15, 0.2) is 46.3 Å². The van der Waals surface area contributed by atoms with Crippen molar-refractivity contribution in [3.8, 4) is 5.75 Å². The summed E-state index contributed by atoms with van der Waals surface area (Å²) in [4.78, 5) is 17.2. The molecule has 1 fully saturated rings. The number of phenolic OH excluding ortho intramolecular Hbond substituents is 1. The van der Waals surface area contributed by atoms with Crippen molar-refractivity contribution in [2.45, 2.75) is 26.7 Å². The number of nitrogens with zero attached hydrogens (tertiary/aromatic N) is 1. The third-order valence-corrected chi connectivity index (χ3v) is 4.92. The van der Waals surface area contributed by atoms with Crippen LogP contribution in [0.3, 0.4) is 0 Å². The quantitative estimate of drug-likeness (QED) is 0.759. The molecule has 0 aromatic heterocycles. The molecular weight excluding hydrogens is 351 g/mol. The Kier molecular flexibility index (Phi) is 5.13. The van der Waals surface area contributed by atoms with E-state index >= 15 is 0 Å². The predicted octanol–water partition coefficient (Wildman–Crippen LogP) is 4.85. The van der Waals surface area contributed by atoms with Crippen molar-refractivity contribution >= 4 is 34.6 Å². The predicted molar refractivity (Wildman–Crippen MR) is 104 cm³/mol. The zero-order chi connectivity index (χ0) is 18.8. The lowest BCUT2D eigenvalue weighted by Crippen LogP contribution is -2.19. The van der Waals surface area contributed by atoms with E-state index in [-0.39, 0.29) is 23.4 Å². The molecule has 6 heteroatoms. The summed E-state index contributed by atoms with van der Waals surface area (Å²) in [5.74, 6) is -0.143. The first-order chi connectivity index (χ1) is 12.3. The molecule has 4 nitrogen and oxygen atoms in total. The number of thioether (sulfide) groups is 1. The van der Waals surface area contributed by atoms with E-state index in [0.717, 1.165) is 16.7 Å². The summed E-state index contributed by atoms with van der Waals surface area (Å²) in [5.41, 5.74) is 3.09. The zero-order valence-corrected chi connectivity index (χ0v) is 15.5. The molecule has 0 atom stereocenters. The van der Waals surface area contributed by atoms with E-state index in [0.29, 0.717) is 15.8 Å². The summed E-state index contributed by atoms with van der Waals surface area (Å²) in [7, 11) is 0. The number of nitrogens with one attached hydrogen (secondary N) is 1. The molecule has 1 aliphatic rings. The Morgan fingerprint density at radius 3 is 2.58 bits per heavy atom. The van der Waals surface area contributed by atoms with Gasteiger partial charge in [0.05, 0.1) is 10.6 Å². The second-order valence-corrected chi connectivity index (χ2v) is 7.42. The molecule has 3 rings (SSSR count). The highest BCUT2D eigenvalue weighted by Gasteiger charge is 2.24. The highest BCUT2D eigenvalue weighted by molar-refractivity contribution is 8.18. The molecule has 2 aromatic carbocycles. The van der Waals surface area contributed by atoms with Crippen LogP contribution in [0.25, 0.3) is 6.08 Å². The maximum Gasteiger partial charge on any atom is 0.264 e. The van der Waals surface area contributed by atoms with E-state index in [4.69, 9.17) is 0 Å². The molecule has 1 amide bonds. The van der Waals surface area contributed by atoms with Crippen molar-refractivity contribution in [1.82, 2.24) is 5.32 Å². The van der Waals surface area contributed by atoms with Crippen molar-refractivity contribution in [2.75, 3.05) is 0 Å². The number of hydrogen-bond acceptors (Lipinski definition) is 4. The van der Waals surface area contributed by atoms with E-state index < -0.39 is 0 Å². The molecular formula is C20H19FN2O2S. The minimum atomic E-state index is -0.318. The Morgan fingerprint density at radius 2 is 1.92 bits per heavy atom. The number of hydrogen-bond donors (Lipinski definition) is 2. The Morgan fingerprint density at radius 1 is 1.23 bits per heavy atom. The van der Waals surface area contributed by atoms with Gasteiger partial charge in [0, 0.05) is 0 Å². The minimum Gasteiger partial charge on any atom is -0.508 e. The molecule has 1 saturated heterocycles. The van der Waals surface area contributed by atoms with Gasteiger partial charge in [-0.05, 0) is 71.6 Å². The molecule has 134 valence electrons. The summed E-state index contributed by atoms with van der Waals surface area (Å²) in [6.45, 7) is 5.85. The second kappa shape index (κ2) is 7.33. The number of rotatable bonds is 3. The maximum absolute atomic E-state index is 13.0. The van der Waals surface area contributed by atoms with E-state index in [2.05, 4.69) is 10.3 Å². The minimum absolute atomic E-state index is 0.161. The van der Waals surface area contributed by atoms with E-state index in [1.54, 1.807) is 24.3 Å². The van der Waals surface area contributed by atoms with E-state index in [9.17, 15) is 14.3 Å². The molecule has 0 bridgehead atoms. The molecule has 0 aliphatic carbocycles. The van der Waals surface area contributed by atoms with E-state index in [1.165, 1.54) is 23.9 Å². The topological polar surface area (TPSA) is 61.7 Å². The van der Waals surface area contributed by atoms with Gasteiger partial charge in [0.15, 0.2) is 5.17 Å².